The van der Waals surface area contributed by atoms with E-state index in [1.807, 2.05) is 6.92 Å². The lowest BCUT2D eigenvalue weighted by molar-refractivity contribution is -0.0729. The maximum absolute atomic E-state index is 9.79. The third-order valence-electron chi connectivity index (χ3n) is 8.55. The first-order valence-electron chi connectivity index (χ1n) is 15.7. The molecule has 2 aliphatic carbocycles. The van der Waals surface area contributed by atoms with E-state index in [4.69, 9.17) is 23.7 Å². The molecule has 0 spiro atoms. The molecule has 5 rings (SSSR count). The van der Waals surface area contributed by atoms with Crippen LogP contribution < -0.4 is 9.64 Å². The predicted molar refractivity (Wildman–Crippen MR) is 161 cm³/mol. The number of methoxy groups -OCH3 is 1. The molecule has 0 bridgehead atoms. The molecule has 1 heterocycles. The molecule has 226 valence electrons. The number of hydrogen-bond donors (Lipinski definition) is 1. The van der Waals surface area contributed by atoms with Crippen LogP contribution in [0.5, 0.6) is 5.75 Å². The third kappa shape index (κ3) is 8.91. The molecular weight excluding hydrogens is 518 g/mol. The molecule has 3 aliphatic rings. The van der Waals surface area contributed by atoms with Crippen molar-refractivity contribution in [3.05, 3.63) is 59.2 Å². The van der Waals surface area contributed by atoms with Crippen LogP contribution in [-0.2, 0) is 32.2 Å². The second-order valence-electron chi connectivity index (χ2n) is 12.0. The summed E-state index contributed by atoms with van der Waals surface area (Å²) in [4.78, 5) is 2.40. The molecule has 1 N–H and O–H groups in total. The van der Waals surface area contributed by atoms with Gasteiger partial charge in [0.1, 0.15) is 12.4 Å². The summed E-state index contributed by atoms with van der Waals surface area (Å²) in [5.74, 6) is 1.86. The summed E-state index contributed by atoms with van der Waals surface area (Å²) in [6.45, 7) is 7.77. The number of nitrogens with zero attached hydrogens (tertiary/aromatic N) is 1. The first-order valence-corrected chi connectivity index (χ1v) is 15.7. The van der Waals surface area contributed by atoms with Crippen LogP contribution in [0.4, 0.5) is 5.69 Å². The van der Waals surface area contributed by atoms with Gasteiger partial charge in [0.25, 0.3) is 0 Å². The number of aliphatic hydroxyl groups is 1. The monoisotopic (exact) mass is 567 g/mol. The fraction of sp³-hybridized carbons (Fsp3) is 0.647. The number of aliphatic hydroxyl groups excluding tert-OH is 1. The molecule has 1 aliphatic heterocycles. The molecule has 0 radical (unpaired) electrons. The van der Waals surface area contributed by atoms with Gasteiger partial charge in [-0.25, -0.2) is 0 Å². The van der Waals surface area contributed by atoms with E-state index in [2.05, 4.69) is 47.4 Å². The zero-order valence-corrected chi connectivity index (χ0v) is 25.0. The molecule has 41 heavy (non-hydrogen) atoms. The Balaban J connectivity index is 1.26. The standard InChI is InChI=1S/C34H49NO6/c1-25(36)15-19-39-32-5-3-6-33(34(32)29-12-9-27(10-13-29)23-38-22-26-7-8-26)41-24-28-11-14-31-30(21-28)35(17-20-40-31)16-4-18-37-2/h9-14,21,25-26,32-34,36H,3-8,15-20,22-24H2,1-2H3/t25-,32+,33-,34-/m0/s1. The SMILES string of the molecule is COCCCN1CCOc2ccc(CO[C@H]3CCC[C@@H](OCC[C@H](C)O)[C@@H]3c3ccc(COCC4CC4)cc3)cc21. The summed E-state index contributed by atoms with van der Waals surface area (Å²) < 4.78 is 30.3. The lowest BCUT2D eigenvalue weighted by Crippen LogP contribution is -2.38. The number of hydrogen-bond acceptors (Lipinski definition) is 7. The second kappa shape index (κ2) is 15.4. The Kier molecular flexibility index (Phi) is 11.3. The van der Waals surface area contributed by atoms with Crippen molar-refractivity contribution in [1.29, 1.82) is 0 Å². The van der Waals surface area contributed by atoms with Gasteiger partial charge in [-0.3, -0.25) is 0 Å². The van der Waals surface area contributed by atoms with Crippen LogP contribution in [0.15, 0.2) is 42.5 Å². The van der Waals surface area contributed by atoms with E-state index in [1.54, 1.807) is 7.11 Å². The number of benzene rings is 2. The van der Waals surface area contributed by atoms with Crippen LogP contribution in [0.2, 0.25) is 0 Å². The molecule has 2 fully saturated rings. The van der Waals surface area contributed by atoms with Gasteiger partial charge in [0.05, 0.1) is 43.8 Å². The van der Waals surface area contributed by atoms with Crippen molar-refractivity contribution in [1.82, 2.24) is 0 Å². The maximum Gasteiger partial charge on any atom is 0.142 e. The summed E-state index contributed by atoms with van der Waals surface area (Å²) in [7, 11) is 1.75. The minimum absolute atomic E-state index is 0.0577. The van der Waals surface area contributed by atoms with E-state index in [9.17, 15) is 5.11 Å². The Morgan fingerprint density at radius 2 is 1.73 bits per heavy atom. The van der Waals surface area contributed by atoms with Crippen molar-refractivity contribution in [2.24, 2.45) is 5.92 Å². The van der Waals surface area contributed by atoms with Crippen molar-refractivity contribution < 1.29 is 28.8 Å². The van der Waals surface area contributed by atoms with E-state index in [-0.39, 0.29) is 24.2 Å². The first-order chi connectivity index (χ1) is 20.1. The van der Waals surface area contributed by atoms with Crippen molar-refractivity contribution in [2.75, 3.05) is 51.5 Å². The Bertz CT molecular complexity index is 1060. The number of ether oxygens (including phenoxy) is 5. The van der Waals surface area contributed by atoms with Gasteiger partial charge < -0.3 is 33.7 Å². The third-order valence-corrected chi connectivity index (χ3v) is 8.55. The van der Waals surface area contributed by atoms with Crippen LogP contribution in [-0.4, -0.2) is 70.0 Å². The van der Waals surface area contributed by atoms with Crippen LogP contribution in [0, 0.1) is 5.92 Å². The summed E-state index contributed by atoms with van der Waals surface area (Å²) in [6.07, 6.45) is 7.09. The van der Waals surface area contributed by atoms with Gasteiger partial charge in [-0.1, -0.05) is 30.3 Å². The highest BCUT2D eigenvalue weighted by atomic mass is 16.5. The summed E-state index contributed by atoms with van der Waals surface area (Å²) in [5, 5.41) is 9.79. The molecule has 0 saturated heterocycles. The van der Waals surface area contributed by atoms with Crippen LogP contribution >= 0.6 is 0 Å². The fourth-order valence-electron chi connectivity index (χ4n) is 6.02. The summed E-state index contributed by atoms with van der Waals surface area (Å²) in [6, 6.07) is 15.3. The molecule has 0 aromatic heterocycles. The van der Waals surface area contributed by atoms with E-state index in [1.165, 1.54) is 24.0 Å². The largest absolute Gasteiger partial charge is 0.490 e. The number of rotatable bonds is 16. The molecule has 7 nitrogen and oxygen atoms in total. The van der Waals surface area contributed by atoms with E-state index < -0.39 is 0 Å². The Labute approximate surface area is 246 Å². The van der Waals surface area contributed by atoms with Crippen molar-refractivity contribution >= 4 is 5.69 Å². The van der Waals surface area contributed by atoms with Crippen molar-refractivity contribution in [3.63, 3.8) is 0 Å². The lowest BCUT2D eigenvalue weighted by atomic mass is 9.79. The zero-order chi connectivity index (χ0) is 28.4. The molecular formula is C34H49NO6. The zero-order valence-electron chi connectivity index (χ0n) is 25.0. The maximum atomic E-state index is 9.79. The summed E-state index contributed by atoms with van der Waals surface area (Å²) in [5.41, 5.74) is 4.77. The Morgan fingerprint density at radius 1 is 0.951 bits per heavy atom. The van der Waals surface area contributed by atoms with Gasteiger partial charge >= 0.3 is 0 Å². The average molecular weight is 568 g/mol. The molecule has 2 aromatic carbocycles. The molecule has 4 atom stereocenters. The van der Waals surface area contributed by atoms with Crippen LogP contribution in [0.25, 0.3) is 0 Å². The second-order valence-corrected chi connectivity index (χ2v) is 12.0. The van der Waals surface area contributed by atoms with E-state index >= 15 is 0 Å². The van der Waals surface area contributed by atoms with Gasteiger partial charge in [-0.15, -0.1) is 0 Å². The van der Waals surface area contributed by atoms with Crippen molar-refractivity contribution in [3.8, 4) is 5.75 Å². The van der Waals surface area contributed by atoms with Gasteiger partial charge in [0.2, 0.25) is 0 Å². The molecule has 2 saturated carbocycles. The normalized spacial score (nSPS) is 23.2. The number of fused-ring (bicyclic) bond motifs is 1. The van der Waals surface area contributed by atoms with Gasteiger partial charge in [0, 0.05) is 39.4 Å². The van der Waals surface area contributed by atoms with Gasteiger partial charge in [-0.2, -0.15) is 0 Å². The Hall–Kier alpha value is -2.16. The minimum atomic E-state index is -0.360. The quantitative estimate of drug-likeness (QED) is 0.255. The Morgan fingerprint density at radius 3 is 2.49 bits per heavy atom. The summed E-state index contributed by atoms with van der Waals surface area (Å²) >= 11 is 0. The highest BCUT2D eigenvalue weighted by Gasteiger charge is 2.36. The fourth-order valence-corrected chi connectivity index (χ4v) is 6.02. The highest BCUT2D eigenvalue weighted by Crippen LogP contribution is 2.39. The average Bonchev–Trinajstić information content (AvgIpc) is 3.81. The topological polar surface area (TPSA) is 69.6 Å². The van der Waals surface area contributed by atoms with E-state index in [0.29, 0.717) is 32.8 Å². The first kappa shape index (κ1) is 30.3. The minimum Gasteiger partial charge on any atom is -0.490 e. The molecule has 0 unspecified atom stereocenters. The van der Waals surface area contributed by atoms with Gasteiger partial charge in [-0.05, 0) is 86.6 Å². The van der Waals surface area contributed by atoms with Crippen LogP contribution in [0.1, 0.15) is 74.5 Å². The smallest absolute Gasteiger partial charge is 0.142 e. The van der Waals surface area contributed by atoms with E-state index in [0.717, 1.165) is 74.9 Å². The molecule has 0 amide bonds. The number of anilines is 1. The molecule has 7 heteroatoms. The predicted octanol–water partition coefficient (Wildman–Crippen LogP) is 5.86. The highest BCUT2D eigenvalue weighted by molar-refractivity contribution is 5.61. The van der Waals surface area contributed by atoms with Gasteiger partial charge in [0.15, 0.2) is 0 Å². The lowest BCUT2D eigenvalue weighted by Gasteiger charge is -2.38. The molecule has 2 aromatic rings. The van der Waals surface area contributed by atoms with Crippen LogP contribution in [0.3, 0.4) is 0 Å². The van der Waals surface area contributed by atoms with Crippen molar-refractivity contribution in [2.45, 2.75) is 89.3 Å².